The van der Waals surface area contributed by atoms with Crippen molar-refractivity contribution in [3.05, 3.63) is 47.9 Å². The number of benzene rings is 1. The van der Waals surface area contributed by atoms with Crippen LogP contribution in [0.1, 0.15) is 16.3 Å². The second kappa shape index (κ2) is 5.38. The highest BCUT2D eigenvalue weighted by Crippen LogP contribution is 2.26. The lowest BCUT2D eigenvalue weighted by Crippen LogP contribution is -2.06. The molecule has 0 amide bonds. The third-order valence-electron chi connectivity index (χ3n) is 2.61. The van der Waals surface area contributed by atoms with Crippen molar-refractivity contribution in [2.75, 3.05) is 7.11 Å². The molecule has 0 unspecified atom stereocenters. The van der Waals surface area contributed by atoms with Gasteiger partial charge in [-0.1, -0.05) is 12.1 Å². The predicted octanol–water partition coefficient (Wildman–Crippen LogP) is 1.96. The minimum absolute atomic E-state index is 0.0378. The zero-order chi connectivity index (χ0) is 14.8. The SMILES string of the molecule is COc1ccccc1S(=O)(=O)Cc1ccc(C(=O)O)o1. The van der Waals surface area contributed by atoms with E-state index in [9.17, 15) is 13.2 Å². The molecule has 0 aliphatic heterocycles. The zero-order valence-corrected chi connectivity index (χ0v) is 11.4. The number of ether oxygens (including phenoxy) is 1. The maximum Gasteiger partial charge on any atom is 0.371 e. The highest BCUT2D eigenvalue weighted by Gasteiger charge is 2.22. The molecule has 1 N–H and O–H groups in total. The van der Waals surface area contributed by atoms with Crippen molar-refractivity contribution in [2.45, 2.75) is 10.6 Å². The minimum atomic E-state index is -3.68. The van der Waals surface area contributed by atoms with Crippen LogP contribution in [0.4, 0.5) is 0 Å². The molecule has 0 atom stereocenters. The first kappa shape index (κ1) is 14.1. The van der Waals surface area contributed by atoms with E-state index in [1.54, 1.807) is 12.1 Å². The van der Waals surface area contributed by atoms with Gasteiger partial charge in [0.2, 0.25) is 5.76 Å². The van der Waals surface area contributed by atoms with Crippen LogP contribution >= 0.6 is 0 Å². The Labute approximate surface area is 115 Å². The molecule has 0 radical (unpaired) electrons. The van der Waals surface area contributed by atoms with Crippen LogP contribution in [0.5, 0.6) is 5.75 Å². The summed E-state index contributed by atoms with van der Waals surface area (Å²) in [4.78, 5) is 10.7. The molecule has 1 aromatic heterocycles. The molecule has 6 nitrogen and oxygen atoms in total. The van der Waals surface area contributed by atoms with E-state index in [4.69, 9.17) is 14.3 Å². The summed E-state index contributed by atoms with van der Waals surface area (Å²) in [5.41, 5.74) is 0. The van der Waals surface area contributed by atoms with Crippen molar-refractivity contribution < 1.29 is 27.5 Å². The number of hydrogen-bond donors (Lipinski definition) is 1. The first-order chi connectivity index (χ1) is 9.44. The van der Waals surface area contributed by atoms with Crippen molar-refractivity contribution >= 4 is 15.8 Å². The summed E-state index contributed by atoms with van der Waals surface area (Å²) in [5, 5.41) is 8.73. The Hall–Kier alpha value is -2.28. The smallest absolute Gasteiger partial charge is 0.371 e. The molecular weight excluding hydrogens is 284 g/mol. The van der Waals surface area contributed by atoms with Crippen molar-refractivity contribution in [3.8, 4) is 5.75 Å². The average molecular weight is 296 g/mol. The van der Waals surface area contributed by atoms with Gasteiger partial charge in [0.05, 0.1) is 7.11 Å². The maximum absolute atomic E-state index is 12.3. The van der Waals surface area contributed by atoms with Gasteiger partial charge >= 0.3 is 5.97 Å². The summed E-state index contributed by atoms with van der Waals surface area (Å²) in [6.45, 7) is 0. The van der Waals surface area contributed by atoms with Crippen LogP contribution in [0.25, 0.3) is 0 Å². The molecule has 20 heavy (non-hydrogen) atoms. The predicted molar refractivity (Wildman–Crippen MR) is 69.6 cm³/mol. The fourth-order valence-corrected chi connectivity index (χ4v) is 3.14. The third-order valence-corrected chi connectivity index (χ3v) is 4.28. The Morgan fingerprint density at radius 3 is 2.55 bits per heavy atom. The van der Waals surface area contributed by atoms with Crippen LogP contribution in [0.3, 0.4) is 0 Å². The number of methoxy groups -OCH3 is 1. The van der Waals surface area contributed by atoms with Crippen LogP contribution in [0.15, 0.2) is 45.7 Å². The molecule has 0 bridgehead atoms. The summed E-state index contributed by atoms with van der Waals surface area (Å²) in [7, 11) is -2.30. The van der Waals surface area contributed by atoms with E-state index < -0.39 is 21.6 Å². The van der Waals surface area contributed by atoms with Crippen LogP contribution in [-0.4, -0.2) is 26.6 Å². The molecule has 2 aromatic rings. The van der Waals surface area contributed by atoms with Gasteiger partial charge in [0.25, 0.3) is 0 Å². The molecule has 0 aliphatic rings. The number of carbonyl (C=O) groups is 1. The highest BCUT2D eigenvalue weighted by atomic mass is 32.2. The van der Waals surface area contributed by atoms with Gasteiger partial charge in [-0.05, 0) is 24.3 Å². The molecule has 0 aliphatic carbocycles. The summed E-state index contributed by atoms with van der Waals surface area (Å²) < 4.78 is 34.5. The summed E-state index contributed by atoms with van der Waals surface area (Å²) in [6, 6.07) is 8.76. The number of aromatic carboxylic acids is 1. The quantitative estimate of drug-likeness (QED) is 0.906. The number of hydrogen-bond acceptors (Lipinski definition) is 5. The van der Waals surface area contributed by atoms with E-state index in [-0.39, 0.29) is 22.2 Å². The normalized spacial score (nSPS) is 11.2. The molecule has 0 saturated heterocycles. The Bertz CT molecular complexity index is 729. The molecule has 106 valence electrons. The van der Waals surface area contributed by atoms with E-state index in [0.29, 0.717) is 0 Å². The number of furan rings is 1. The molecule has 0 fully saturated rings. The van der Waals surface area contributed by atoms with E-state index in [2.05, 4.69) is 0 Å². The largest absolute Gasteiger partial charge is 0.495 e. The number of rotatable bonds is 5. The first-order valence-electron chi connectivity index (χ1n) is 5.62. The fourth-order valence-electron chi connectivity index (χ4n) is 1.71. The number of carboxylic acids is 1. The van der Waals surface area contributed by atoms with Crippen molar-refractivity contribution in [1.29, 1.82) is 0 Å². The van der Waals surface area contributed by atoms with Gasteiger partial charge in [-0.25, -0.2) is 13.2 Å². The Kier molecular flexibility index (Phi) is 3.80. The van der Waals surface area contributed by atoms with E-state index >= 15 is 0 Å². The van der Waals surface area contributed by atoms with Gasteiger partial charge in [-0.15, -0.1) is 0 Å². The fraction of sp³-hybridized carbons (Fsp3) is 0.154. The summed E-state index contributed by atoms with van der Waals surface area (Å²) in [5.74, 6) is -1.67. The van der Waals surface area contributed by atoms with Gasteiger partial charge < -0.3 is 14.3 Å². The molecule has 0 spiro atoms. The summed E-state index contributed by atoms with van der Waals surface area (Å²) in [6.07, 6.45) is 0. The third kappa shape index (κ3) is 2.83. The molecule has 0 saturated carbocycles. The second-order valence-electron chi connectivity index (χ2n) is 3.98. The van der Waals surface area contributed by atoms with Gasteiger partial charge in [0.1, 0.15) is 22.2 Å². The van der Waals surface area contributed by atoms with E-state index in [1.165, 1.54) is 31.4 Å². The van der Waals surface area contributed by atoms with Crippen molar-refractivity contribution in [1.82, 2.24) is 0 Å². The average Bonchev–Trinajstić information content (AvgIpc) is 2.86. The lowest BCUT2D eigenvalue weighted by molar-refractivity contribution is 0.0660. The number of carboxylic acid groups (broad SMARTS) is 1. The minimum Gasteiger partial charge on any atom is -0.495 e. The zero-order valence-electron chi connectivity index (χ0n) is 10.6. The van der Waals surface area contributed by atoms with Crippen LogP contribution in [0, 0.1) is 0 Å². The topological polar surface area (TPSA) is 93.8 Å². The van der Waals surface area contributed by atoms with Crippen molar-refractivity contribution in [2.24, 2.45) is 0 Å². The molecule has 1 heterocycles. The van der Waals surface area contributed by atoms with Gasteiger partial charge in [-0.2, -0.15) is 0 Å². The number of para-hydroxylation sites is 1. The molecule has 2 rings (SSSR count). The van der Waals surface area contributed by atoms with Crippen LogP contribution in [0.2, 0.25) is 0 Å². The van der Waals surface area contributed by atoms with E-state index in [0.717, 1.165) is 0 Å². The standard InChI is InChI=1S/C13H12O6S/c1-18-10-4-2-3-5-12(10)20(16,17)8-9-6-7-11(19-9)13(14)15/h2-7H,8H2,1H3,(H,14,15). The van der Waals surface area contributed by atoms with Gasteiger partial charge in [0.15, 0.2) is 9.84 Å². The maximum atomic E-state index is 12.3. The second-order valence-corrected chi connectivity index (χ2v) is 5.94. The lowest BCUT2D eigenvalue weighted by Gasteiger charge is -2.07. The molecular formula is C13H12O6S. The monoisotopic (exact) mass is 296 g/mol. The summed E-state index contributed by atoms with van der Waals surface area (Å²) >= 11 is 0. The van der Waals surface area contributed by atoms with Crippen LogP contribution < -0.4 is 4.74 Å². The Morgan fingerprint density at radius 1 is 1.25 bits per heavy atom. The highest BCUT2D eigenvalue weighted by molar-refractivity contribution is 7.90. The van der Waals surface area contributed by atoms with Crippen molar-refractivity contribution in [3.63, 3.8) is 0 Å². The Balaban J connectivity index is 2.33. The molecule has 1 aromatic carbocycles. The first-order valence-corrected chi connectivity index (χ1v) is 7.27. The lowest BCUT2D eigenvalue weighted by atomic mass is 10.3. The molecule has 7 heteroatoms. The number of sulfone groups is 1. The van der Waals surface area contributed by atoms with Gasteiger partial charge in [0, 0.05) is 0 Å². The Morgan fingerprint density at radius 2 is 1.95 bits per heavy atom. The van der Waals surface area contributed by atoms with Crippen LogP contribution in [-0.2, 0) is 15.6 Å². The van der Waals surface area contributed by atoms with Gasteiger partial charge in [-0.3, -0.25) is 0 Å². The van der Waals surface area contributed by atoms with E-state index in [1.807, 2.05) is 0 Å².